The highest BCUT2D eigenvalue weighted by Crippen LogP contribution is 2.32. The van der Waals surface area contributed by atoms with Crippen LogP contribution >= 0.6 is 11.3 Å². The second-order valence-corrected chi connectivity index (χ2v) is 6.58. The van der Waals surface area contributed by atoms with E-state index in [-0.39, 0.29) is 23.2 Å². The highest BCUT2D eigenvalue weighted by molar-refractivity contribution is 7.18. The van der Waals surface area contributed by atoms with Gasteiger partial charge in [-0.15, -0.1) is 11.3 Å². The molecule has 1 N–H and O–H groups in total. The molecule has 7 heteroatoms. The Bertz CT molecular complexity index is 800. The van der Waals surface area contributed by atoms with Gasteiger partial charge in [-0.3, -0.25) is 9.69 Å². The number of thiophene rings is 1. The lowest BCUT2D eigenvalue weighted by Gasteiger charge is -2.16. The van der Waals surface area contributed by atoms with E-state index in [9.17, 15) is 14.4 Å². The van der Waals surface area contributed by atoms with Crippen LogP contribution in [0.2, 0.25) is 0 Å². The zero-order chi connectivity index (χ0) is 17.3. The summed E-state index contributed by atoms with van der Waals surface area (Å²) in [4.78, 5) is 39.2. The topological polar surface area (TPSA) is 77.9 Å². The summed E-state index contributed by atoms with van der Waals surface area (Å²) in [6.07, 6.45) is 0. The molecule has 2 heterocycles. The third-order valence-electron chi connectivity index (χ3n) is 3.89. The molecule has 1 aromatic heterocycles. The Hall–Kier alpha value is -2.67. The minimum atomic E-state index is -0.994. The van der Waals surface area contributed by atoms with Crippen molar-refractivity contribution in [3.05, 3.63) is 52.4 Å². The number of urea groups is 1. The predicted molar refractivity (Wildman–Crippen MR) is 91.1 cm³/mol. The highest BCUT2D eigenvalue weighted by Gasteiger charge is 2.32. The summed E-state index contributed by atoms with van der Waals surface area (Å²) in [5.74, 6) is -1.11. The fraction of sp³-hybridized carbons (Fsp3) is 0.235. The van der Waals surface area contributed by atoms with Gasteiger partial charge in [0.1, 0.15) is 9.88 Å². The summed E-state index contributed by atoms with van der Waals surface area (Å²) in [5.41, 5.74) is 1.21. The van der Waals surface area contributed by atoms with Crippen molar-refractivity contribution < 1.29 is 19.5 Å². The van der Waals surface area contributed by atoms with Crippen LogP contribution in [0.3, 0.4) is 0 Å². The van der Waals surface area contributed by atoms with Crippen molar-refractivity contribution in [2.45, 2.75) is 6.92 Å². The van der Waals surface area contributed by atoms with E-state index in [4.69, 9.17) is 5.11 Å². The number of amides is 2. The number of carbonyl (C=O) groups excluding carboxylic acids is 2. The summed E-state index contributed by atoms with van der Waals surface area (Å²) in [5, 5.41) is 9.74. The van der Waals surface area contributed by atoms with E-state index in [1.807, 2.05) is 6.07 Å². The van der Waals surface area contributed by atoms with Gasteiger partial charge in [-0.1, -0.05) is 30.3 Å². The van der Waals surface area contributed by atoms with E-state index < -0.39 is 5.97 Å². The van der Waals surface area contributed by atoms with Gasteiger partial charge in [0, 0.05) is 18.7 Å². The molecular weight excluding hydrogens is 328 g/mol. The zero-order valence-electron chi connectivity index (χ0n) is 13.1. The van der Waals surface area contributed by atoms with Gasteiger partial charge in [0.2, 0.25) is 0 Å². The molecule has 0 radical (unpaired) electrons. The molecule has 1 fully saturated rings. The molecule has 1 saturated heterocycles. The average Bonchev–Trinajstić information content (AvgIpc) is 3.12. The van der Waals surface area contributed by atoms with Gasteiger partial charge in [-0.25, -0.2) is 9.59 Å². The number of anilines is 1. The summed E-state index contributed by atoms with van der Waals surface area (Å²) in [6.45, 7) is 2.62. The minimum Gasteiger partial charge on any atom is -0.477 e. The van der Waals surface area contributed by atoms with E-state index in [0.717, 1.165) is 11.3 Å². The van der Waals surface area contributed by atoms with Crippen molar-refractivity contribution in [2.24, 2.45) is 0 Å². The van der Waals surface area contributed by atoms with Crippen LogP contribution in [0, 0.1) is 6.92 Å². The maximum absolute atomic E-state index is 12.5. The number of hydrogen-bond donors (Lipinski definition) is 1. The van der Waals surface area contributed by atoms with Crippen LogP contribution < -0.4 is 4.90 Å². The average molecular weight is 344 g/mol. The molecule has 24 heavy (non-hydrogen) atoms. The Morgan fingerprint density at radius 3 is 2.54 bits per heavy atom. The van der Waals surface area contributed by atoms with Crippen LogP contribution in [0.1, 0.15) is 25.6 Å². The first-order chi connectivity index (χ1) is 11.5. The molecule has 0 aliphatic carbocycles. The van der Waals surface area contributed by atoms with Crippen LogP contribution in [0.5, 0.6) is 0 Å². The lowest BCUT2D eigenvalue weighted by Crippen LogP contribution is -2.35. The first kappa shape index (κ1) is 16.2. The number of hydrogen-bond acceptors (Lipinski definition) is 4. The standard InChI is InChI=1S/C17H16N2O4S/c1-11-9-14(24-15(11)16(21)22)19-8-7-18(17(19)23)10-13(20)12-5-3-2-4-6-12/h2-6,9H,7-8,10H2,1H3,(H,21,22). The van der Waals surface area contributed by atoms with E-state index in [1.54, 1.807) is 37.3 Å². The van der Waals surface area contributed by atoms with Gasteiger partial charge in [0.25, 0.3) is 0 Å². The molecule has 0 saturated carbocycles. The second-order valence-electron chi connectivity index (χ2n) is 5.55. The smallest absolute Gasteiger partial charge is 0.346 e. The Labute approximate surface area is 142 Å². The second kappa shape index (κ2) is 6.45. The maximum atomic E-state index is 12.5. The molecule has 124 valence electrons. The quantitative estimate of drug-likeness (QED) is 0.846. The number of aromatic carboxylic acids is 1. The lowest BCUT2D eigenvalue weighted by molar-refractivity contribution is 0.0701. The number of ketones is 1. The number of nitrogens with zero attached hydrogens (tertiary/aromatic N) is 2. The van der Waals surface area contributed by atoms with Crippen molar-refractivity contribution in [3.63, 3.8) is 0 Å². The zero-order valence-corrected chi connectivity index (χ0v) is 13.9. The van der Waals surface area contributed by atoms with Gasteiger partial charge in [-0.2, -0.15) is 0 Å². The van der Waals surface area contributed by atoms with Crippen molar-refractivity contribution in [1.29, 1.82) is 0 Å². The first-order valence-electron chi connectivity index (χ1n) is 7.46. The Morgan fingerprint density at radius 1 is 1.21 bits per heavy atom. The third-order valence-corrected chi connectivity index (χ3v) is 5.14. The van der Waals surface area contributed by atoms with E-state index in [2.05, 4.69) is 0 Å². The van der Waals surface area contributed by atoms with Crippen LogP contribution in [0.15, 0.2) is 36.4 Å². The maximum Gasteiger partial charge on any atom is 0.346 e. The van der Waals surface area contributed by atoms with Crippen LogP contribution in [0.25, 0.3) is 0 Å². The van der Waals surface area contributed by atoms with Crippen LogP contribution in [-0.2, 0) is 0 Å². The Kier molecular flexibility index (Phi) is 4.35. The van der Waals surface area contributed by atoms with Crippen molar-refractivity contribution in [3.8, 4) is 0 Å². The number of aryl methyl sites for hydroxylation is 1. The number of benzene rings is 1. The molecule has 3 rings (SSSR count). The summed E-state index contributed by atoms with van der Waals surface area (Å²) in [6, 6.07) is 10.3. The minimum absolute atomic E-state index is 0.0233. The van der Waals surface area contributed by atoms with Crippen LogP contribution in [0.4, 0.5) is 9.80 Å². The molecule has 0 atom stereocenters. The summed E-state index contributed by atoms with van der Waals surface area (Å²) in [7, 11) is 0. The van der Waals surface area contributed by atoms with Gasteiger partial charge in [0.05, 0.1) is 6.54 Å². The number of rotatable bonds is 5. The first-order valence-corrected chi connectivity index (χ1v) is 8.27. The predicted octanol–water partition coefficient (Wildman–Crippen LogP) is 2.88. The normalized spacial score (nSPS) is 14.3. The molecule has 1 aromatic carbocycles. The fourth-order valence-electron chi connectivity index (χ4n) is 2.63. The molecular formula is C17H16N2O4S. The van der Waals surface area contributed by atoms with Crippen molar-refractivity contribution in [1.82, 2.24) is 4.90 Å². The van der Waals surface area contributed by atoms with Crippen molar-refractivity contribution >= 4 is 34.1 Å². The highest BCUT2D eigenvalue weighted by atomic mass is 32.1. The van der Waals surface area contributed by atoms with Gasteiger partial charge >= 0.3 is 12.0 Å². The SMILES string of the molecule is Cc1cc(N2CCN(CC(=O)c3ccccc3)C2=O)sc1C(=O)O. The van der Waals surface area contributed by atoms with Gasteiger partial charge in [-0.05, 0) is 18.6 Å². The molecule has 2 amide bonds. The molecule has 1 aliphatic heterocycles. The lowest BCUT2D eigenvalue weighted by atomic mass is 10.1. The number of carboxylic acids is 1. The summed E-state index contributed by atoms with van der Waals surface area (Å²) >= 11 is 1.08. The molecule has 0 bridgehead atoms. The molecule has 1 aliphatic rings. The van der Waals surface area contributed by atoms with Gasteiger partial charge in [0.15, 0.2) is 5.78 Å². The molecule has 2 aromatic rings. The van der Waals surface area contributed by atoms with Gasteiger partial charge < -0.3 is 10.0 Å². The van der Waals surface area contributed by atoms with Crippen molar-refractivity contribution in [2.75, 3.05) is 24.5 Å². The molecule has 0 unspecified atom stereocenters. The largest absolute Gasteiger partial charge is 0.477 e. The molecule has 6 nitrogen and oxygen atoms in total. The summed E-state index contributed by atoms with van der Waals surface area (Å²) < 4.78 is 0. The molecule has 0 spiro atoms. The van der Waals surface area contributed by atoms with Crippen LogP contribution in [-0.4, -0.2) is 47.4 Å². The van der Waals surface area contributed by atoms with E-state index >= 15 is 0 Å². The Morgan fingerprint density at radius 2 is 1.92 bits per heavy atom. The number of carboxylic acid groups (broad SMARTS) is 1. The number of Topliss-reactive ketones (excluding diaryl/α,β-unsaturated/α-hetero) is 1. The fourth-order valence-corrected chi connectivity index (χ4v) is 3.66. The van der Waals surface area contributed by atoms with E-state index in [1.165, 1.54) is 9.80 Å². The number of carbonyl (C=O) groups is 3. The Balaban J connectivity index is 1.72. The monoisotopic (exact) mass is 344 g/mol. The van der Waals surface area contributed by atoms with E-state index in [0.29, 0.717) is 29.2 Å². The third kappa shape index (κ3) is 3.03.